The van der Waals surface area contributed by atoms with Crippen LogP contribution in [0, 0.1) is 5.92 Å². The third-order valence-electron chi connectivity index (χ3n) is 3.09. The highest BCUT2D eigenvalue weighted by atomic mass is 16.5. The molecule has 108 valence electrons. The Hall–Kier alpha value is -0.610. The number of carbonyl (C=O) groups is 1. The molecule has 0 aliphatic heterocycles. The summed E-state index contributed by atoms with van der Waals surface area (Å²) in [5, 5.41) is 6.13. The van der Waals surface area contributed by atoms with Crippen LogP contribution in [0.15, 0.2) is 0 Å². The molecule has 0 aliphatic rings. The van der Waals surface area contributed by atoms with Crippen LogP contribution < -0.4 is 10.6 Å². The quantitative estimate of drug-likeness (QED) is 0.595. The number of carbonyl (C=O) groups excluding carboxylic acids is 1. The average molecular weight is 258 g/mol. The molecule has 0 saturated carbocycles. The maximum absolute atomic E-state index is 11.6. The van der Waals surface area contributed by atoms with Gasteiger partial charge >= 0.3 is 0 Å². The molecular formula is C14H30N2O2. The molecule has 2 unspecified atom stereocenters. The van der Waals surface area contributed by atoms with E-state index >= 15 is 0 Å². The van der Waals surface area contributed by atoms with Gasteiger partial charge in [-0.05, 0) is 25.8 Å². The third kappa shape index (κ3) is 9.42. The van der Waals surface area contributed by atoms with Crippen LogP contribution in [0.1, 0.15) is 46.5 Å². The van der Waals surface area contributed by atoms with Crippen LogP contribution in [0.5, 0.6) is 0 Å². The van der Waals surface area contributed by atoms with Crippen molar-refractivity contribution >= 4 is 5.91 Å². The van der Waals surface area contributed by atoms with Gasteiger partial charge in [-0.1, -0.05) is 33.1 Å². The Balaban J connectivity index is 3.64. The van der Waals surface area contributed by atoms with E-state index in [-0.39, 0.29) is 11.9 Å². The Labute approximate surface area is 112 Å². The largest absolute Gasteiger partial charge is 0.383 e. The molecule has 0 aliphatic carbocycles. The Morgan fingerprint density at radius 1 is 1.33 bits per heavy atom. The fourth-order valence-electron chi connectivity index (χ4n) is 1.95. The zero-order valence-corrected chi connectivity index (χ0v) is 12.4. The van der Waals surface area contributed by atoms with Crippen molar-refractivity contribution in [2.75, 3.05) is 26.8 Å². The van der Waals surface area contributed by atoms with Crippen LogP contribution in [-0.4, -0.2) is 38.8 Å². The van der Waals surface area contributed by atoms with Gasteiger partial charge in [0.05, 0.1) is 13.2 Å². The standard InChI is InChI=1S/C14H30N2O2/c1-5-7-8-13(6-2)9-15-10-14(17)16-12(3)11-18-4/h12-13,15H,5-11H2,1-4H3,(H,16,17). The summed E-state index contributed by atoms with van der Waals surface area (Å²) in [4.78, 5) is 11.6. The number of rotatable bonds is 11. The highest BCUT2D eigenvalue weighted by Crippen LogP contribution is 2.10. The first-order chi connectivity index (χ1) is 8.63. The van der Waals surface area contributed by atoms with Gasteiger partial charge in [-0.3, -0.25) is 4.79 Å². The first-order valence-electron chi connectivity index (χ1n) is 7.12. The molecule has 1 amide bonds. The van der Waals surface area contributed by atoms with Crippen molar-refractivity contribution in [1.82, 2.24) is 10.6 Å². The third-order valence-corrected chi connectivity index (χ3v) is 3.09. The smallest absolute Gasteiger partial charge is 0.234 e. The minimum absolute atomic E-state index is 0.0462. The number of unbranched alkanes of at least 4 members (excludes halogenated alkanes) is 1. The maximum Gasteiger partial charge on any atom is 0.234 e. The Morgan fingerprint density at radius 3 is 2.61 bits per heavy atom. The number of hydrogen-bond donors (Lipinski definition) is 2. The van der Waals surface area contributed by atoms with Crippen LogP contribution in [0.3, 0.4) is 0 Å². The van der Waals surface area contributed by atoms with E-state index in [1.165, 1.54) is 25.7 Å². The number of amides is 1. The Kier molecular flexibility index (Phi) is 11.1. The second-order valence-corrected chi connectivity index (χ2v) is 4.97. The van der Waals surface area contributed by atoms with E-state index in [0.717, 1.165) is 6.54 Å². The average Bonchev–Trinajstić information content (AvgIpc) is 2.33. The van der Waals surface area contributed by atoms with Gasteiger partial charge < -0.3 is 15.4 Å². The van der Waals surface area contributed by atoms with Gasteiger partial charge in [-0.2, -0.15) is 0 Å². The summed E-state index contributed by atoms with van der Waals surface area (Å²) >= 11 is 0. The van der Waals surface area contributed by atoms with Crippen molar-refractivity contribution in [3.05, 3.63) is 0 Å². The minimum atomic E-state index is 0.0462. The second-order valence-electron chi connectivity index (χ2n) is 4.97. The Morgan fingerprint density at radius 2 is 2.06 bits per heavy atom. The molecule has 0 fully saturated rings. The summed E-state index contributed by atoms with van der Waals surface area (Å²) in [6, 6.07) is 0.0753. The van der Waals surface area contributed by atoms with Crippen LogP contribution in [0.2, 0.25) is 0 Å². The lowest BCUT2D eigenvalue weighted by molar-refractivity contribution is -0.121. The summed E-state index contributed by atoms with van der Waals surface area (Å²) in [5.74, 6) is 0.735. The van der Waals surface area contributed by atoms with Crippen LogP contribution in [0.25, 0.3) is 0 Å². The van der Waals surface area contributed by atoms with Crippen LogP contribution >= 0.6 is 0 Å². The lowest BCUT2D eigenvalue weighted by atomic mass is 9.99. The van der Waals surface area contributed by atoms with Gasteiger partial charge in [0.25, 0.3) is 0 Å². The fourth-order valence-corrected chi connectivity index (χ4v) is 1.95. The number of ether oxygens (including phenoxy) is 1. The predicted molar refractivity (Wildman–Crippen MR) is 75.7 cm³/mol. The Bertz CT molecular complexity index is 210. The zero-order valence-electron chi connectivity index (χ0n) is 12.4. The first-order valence-corrected chi connectivity index (χ1v) is 7.12. The lowest BCUT2D eigenvalue weighted by Crippen LogP contribution is -2.41. The maximum atomic E-state index is 11.6. The lowest BCUT2D eigenvalue weighted by Gasteiger charge is -2.16. The van der Waals surface area contributed by atoms with Gasteiger partial charge in [0.2, 0.25) is 5.91 Å². The van der Waals surface area contributed by atoms with Crippen LogP contribution in [-0.2, 0) is 9.53 Å². The highest BCUT2D eigenvalue weighted by molar-refractivity contribution is 5.78. The second kappa shape index (κ2) is 11.5. The van der Waals surface area contributed by atoms with E-state index in [4.69, 9.17) is 4.74 Å². The summed E-state index contributed by atoms with van der Waals surface area (Å²) < 4.78 is 4.97. The number of hydrogen-bond acceptors (Lipinski definition) is 3. The van der Waals surface area contributed by atoms with Crippen molar-refractivity contribution in [3.63, 3.8) is 0 Å². The normalized spacial score (nSPS) is 14.2. The molecule has 0 heterocycles. The molecule has 0 spiro atoms. The zero-order chi connectivity index (χ0) is 13.8. The molecule has 2 atom stereocenters. The van der Waals surface area contributed by atoms with Gasteiger partial charge in [-0.25, -0.2) is 0 Å². The van der Waals surface area contributed by atoms with Gasteiger partial charge in [0.15, 0.2) is 0 Å². The van der Waals surface area contributed by atoms with Gasteiger partial charge in [0.1, 0.15) is 0 Å². The van der Waals surface area contributed by atoms with Gasteiger partial charge in [0, 0.05) is 13.2 Å². The van der Waals surface area contributed by atoms with Crippen molar-refractivity contribution in [2.24, 2.45) is 5.92 Å². The van der Waals surface area contributed by atoms with E-state index < -0.39 is 0 Å². The molecule has 0 aromatic carbocycles. The highest BCUT2D eigenvalue weighted by Gasteiger charge is 2.09. The first kappa shape index (κ1) is 17.4. The molecule has 0 bridgehead atoms. The molecule has 4 nitrogen and oxygen atoms in total. The molecule has 0 radical (unpaired) electrons. The van der Waals surface area contributed by atoms with E-state index in [9.17, 15) is 4.79 Å². The van der Waals surface area contributed by atoms with E-state index in [1.54, 1.807) is 7.11 Å². The summed E-state index contributed by atoms with van der Waals surface area (Å²) in [7, 11) is 1.64. The molecule has 4 heteroatoms. The molecule has 0 saturated heterocycles. The fraction of sp³-hybridized carbons (Fsp3) is 0.929. The van der Waals surface area contributed by atoms with E-state index in [2.05, 4.69) is 24.5 Å². The molecule has 0 aromatic rings. The molecule has 18 heavy (non-hydrogen) atoms. The van der Waals surface area contributed by atoms with Crippen molar-refractivity contribution in [1.29, 1.82) is 0 Å². The molecule has 0 aromatic heterocycles. The van der Waals surface area contributed by atoms with Crippen molar-refractivity contribution in [2.45, 2.75) is 52.5 Å². The minimum Gasteiger partial charge on any atom is -0.383 e. The SMILES string of the molecule is CCCCC(CC)CNCC(=O)NC(C)COC. The summed E-state index contributed by atoms with van der Waals surface area (Å²) in [6.07, 6.45) is 4.94. The predicted octanol–water partition coefficient (Wildman–Crippen LogP) is 1.94. The van der Waals surface area contributed by atoms with Crippen molar-refractivity contribution < 1.29 is 9.53 Å². The monoisotopic (exact) mass is 258 g/mol. The van der Waals surface area contributed by atoms with Crippen LogP contribution in [0.4, 0.5) is 0 Å². The molecule has 2 N–H and O–H groups in total. The van der Waals surface area contributed by atoms with E-state index in [0.29, 0.717) is 19.1 Å². The number of methoxy groups -OCH3 is 1. The van der Waals surface area contributed by atoms with Gasteiger partial charge in [-0.15, -0.1) is 0 Å². The molecule has 0 rings (SSSR count). The summed E-state index contributed by atoms with van der Waals surface area (Å²) in [6.45, 7) is 8.25. The number of nitrogens with one attached hydrogen (secondary N) is 2. The summed E-state index contributed by atoms with van der Waals surface area (Å²) in [5.41, 5.74) is 0. The van der Waals surface area contributed by atoms with E-state index in [1.807, 2.05) is 6.92 Å². The van der Waals surface area contributed by atoms with Crippen molar-refractivity contribution in [3.8, 4) is 0 Å². The topological polar surface area (TPSA) is 50.4 Å². The molecular weight excluding hydrogens is 228 g/mol.